The van der Waals surface area contributed by atoms with Gasteiger partial charge in [0.2, 0.25) is 0 Å². The average molecular weight is 191 g/mol. The van der Waals surface area contributed by atoms with Crippen LogP contribution in [0.25, 0.3) is 0 Å². The van der Waals surface area contributed by atoms with Gasteiger partial charge < -0.3 is 0 Å². The summed E-state index contributed by atoms with van der Waals surface area (Å²) in [6.45, 7) is 1.97. The molecule has 0 saturated carbocycles. The normalized spacial score (nSPS) is 12.7. The molecule has 0 aliphatic heterocycles. The van der Waals surface area contributed by atoms with Gasteiger partial charge in [-0.25, -0.2) is 5.11 Å². The van der Waals surface area contributed by atoms with Crippen molar-refractivity contribution >= 4 is 0 Å². The van der Waals surface area contributed by atoms with Crippen LogP contribution >= 0.6 is 0 Å². The molecule has 1 aromatic rings. The molecular weight excluding hydrogens is 172 g/mol. The summed E-state index contributed by atoms with van der Waals surface area (Å²) in [6.07, 6.45) is 4.58. The van der Waals surface area contributed by atoms with Crippen molar-refractivity contribution in [1.82, 2.24) is 0 Å². The molecule has 1 rings (SSSR count). The highest BCUT2D eigenvalue weighted by Crippen LogP contribution is 2.09. The Hall–Kier alpha value is -0.820. The molecule has 14 heavy (non-hydrogen) atoms. The predicted molar refractivity (Wildman–Crippen MR) is 58.8 cm³/mol. The van der Waals surface area contributed by atoms with Crippen LogP contribution in [-0.2, 0) is 11.5 Å². The SMILES string of the molecule is CCC([O])CCCCc1ccccc1. The van der Waals surface area contributed by atoms with Crippen molar-refractivity contribution in [2.45, 2.75) is 45.1 Å². The zero-order valence-electron chi connectivity index (χ0n) is 8.91. The van der Waals surface area contributed by atoms with E-state index in [9.17, 15) is 5.11 Å². The number of hydrogen-bond donors (Lipinski definition) is 0. The lowest BCUT2D eigenvalue weighted by Crippen LogP contribution is -2.01. The molecule has 1 unspecified atom stereocenters. The molecule has 1 radical (unpaired) electrons. The van der Waals surface area contributed by atoms with Gasteiger partial charge in [-0.2, -0.15) is 0 Å². The highest BCUT2D eigenvalue weighted by molar-refractivity contribution is 5.14. The third kappa shape index (κ3) is 4.43. The minimum atomic E-state index is -0.342. The lowest BCUT2D eigenvalue weighted by Gasteiger charge is -2.04. The molecule has 0 spiro atoms. The maximum absolute atomic E-state index is 11.1. The predicted octanol–water partition coefficient (Wildman–Crippen LogP) is 3.61. The van der Waals surface area contributed by atoms with E-state index in [1.165, 1.54) is 5.56 Å². The Kier molecular flexibility index (Phi) is 5.31. The minimum absolute atomic E-state index is 0.342. The number of rotatable bonds is 6. The molecule has 1 nitrogen and oxygen atoms in total. The van der Waals surface area contributed by atoms with Crippen molar-refractivity contribution in [2.75, 3.05) is 0 Å². The number of aryl methyl sites for hydroxylation is 1. The van der Waals surface area contributed by atoms with Gasteiger partial charge in [-0.1, -0.05) is 43.7 Å². The summed E-state index contributed by atoms with van der Waals surface area (Å²) in [5.74, 6) is 0. The lowest BCUT2D eigenvalue weighted by molar-refractivity contribution is 0.0757. The second-order valence-electron chi connectivity index (χ2n) is 3.76. The van der Waals surface area contributed by atoms with Crippen LogP contribution in [-0.4, -0.2) is 6.10 Å². The second kappa shape index (κ2) is 6.61. The van der Waals surface area contributed by atoms with Crippen LogP contribution in [0.3, 0.4) is 0 Å². The van der Waals surface area contributed by atoms with E-state index in [-0.39, 0.29) is 6.10 Å². The molecule has 77 valence electrons. The molecule has 0 fully saturated rings. The molecule has 0 aliphatic rings. The van der Waals surface area contributed by atoms with E-state index < -0.39 is 0 Å². The molecule has 1 heteroatoms. The molecule has 0 amide bonds. The van der Waals surface area contributed by atoms with Crippen molar-refractivity contribution in [2.24, 2.45) is 0 Å². The van der Waals surface area contributed by atoms with Gasteiger partial charge in [0.1, 0.15) is 0 Å². The van der Waals surface area contributed by atoms with Gasteiger partial charge in [0, 0.05) is 0 Å². The van der Waals surface area contributed by atoms with Gasteiger partial charge in [-0.05, 0) is 31.2 Å². The van der Waals surface area contributed by atoms with E-state index in [1.807, 2.05) is 13.0 Å². The molecular formula is C13H19O. The Morgan fingerprint density at radius 3 is 2.50 bits per heavy atom. The zero-order chi connectivity index (χ0) is 10.2. The quantitative estimate of drug-likeness (QED) is 0.612. The van der Waals surface area contributed by atoms with Crippen molar-refractivity contribution in [1.29, 1.82) is 0 Å². The van der Waals surface area contributed by atoms with Gasteiger partial charge in [0.25, 0.3) is 0 Å². The molecule has 1 aromatic carbocycles. The fraction of sp³-hybridized carbons (Fsp3) is 0.538. The average Bonchev–Trinajstić information content (AvgIpc) is 2.25. The topological polar surface area (TPSA) is 19.9 Å². The van der Waals surface area contributed by atoms with Gasteiger partial charge in [0.15, 0.2) is 0 Å². The van der Waals surface area contributed by atoms with E-state index in [0.717, 1.165) is 32.1 Å². The Morgan fingerprint density at radius 2 is 1.86 bits per heavy atom. The summed E-state index contributed by atoms with van der Waals surface area (Å²) in [5.41, 5.74) is 1.38. The molecule has 0 bridgehead atoms. The summed E-state index contributed by atoms with van der Waals surface area (Å²) >= 11 is 0. The van der Waals surface area contributed by atoms with E-state index >= 15 is 0 Å². The number of hydrogen-bond acceptors (Lipinski definition) is 0. The van der Waals surface area contributed by atoms with Crippen LogP contribution in [0.15, 0.2) is 30.3 Å². The van der Waals surface area contributed by atoms with Crippen LogP contribution in [0.2, 0.25) is 0 Å². The Bertz CT molecular complexity index is 230. The van der Waals surface area contributed by atoms with Crippen molar-refractivity contribution in [3.05, 3.63) is 35.9 Å². The largest absolute Gasteiger partial charge is 0.233 e. The summed E-state index contributed by atoms with van der Waals surface area (Å²) in [6, 6.07) is 10.5. The van der Waals surface area contributed by atoms with E-state index in [1.54, 1.807) is 0 Å². The van der Waals surface area contributed by atoms with Gasteiger partial charge in [-0.3, -0.25) is 0 Å². The van der Waals surface area contributed by atoms with Crippen LogP contribution in [0.1, 0.15) is 38.2 Å². The minimum Gasteiger partial charge on any atom is -0.233 e. The maximum atomic E-state index is 11.1. The number of unbranched alkanes of at least 4 members (excludes halogenated alkanes) is 1. The fourth-order valence-electron chi connectivity index (χ4n) is 1.55. The first kappa shape index (κ1) is 11.3. The number of benzene rings is 1. The zero-order valence-corrected chi connectivity index (χ0v) is 8.91. The molecule has 0 saturated heterocycles. The first-order valence-electron chi connectivity index (χ1n) is 5.52. The van der Waals surface area contributed by atoms with E-state index in [2.05, 4.69) is 24.3 Å². The maximum Gasteiger partial charge on any atom is 0.0927 e. The van der Waals surface area contributed by atoms with E-state index in [4.69, 9.17) is 0 Å². The smallest absolute Gasteiger partial charge is 0.0927 e. The Morgan fingerprint density at radius 1 is 1.14 bits per heavy atom. The standard InChI is InChI=1S/C13H19O/c1-2-13(14)11-7-6-10-12-8-4-3-5-9-12/h3-5,8-9,13H,2,6-7,10-11H2,1H3. The third-order valence-electron chi connectivity index (χ3n) is 2.54. The molecule has 1 atom stereocenters. The summed E-state index contributed by atoms with van der Waals surface area (Å²) < 4.78 is 0. The molecule has 0 N–H and O–H groups in total. The van der Waals surface area contributed by atoms with Crippen molar-refractivity contribution < 1.29 is 5.11 Å². The molecule has 0 aromatic heterocycles. The fourth-order valence-corrected chi connectivity index (χ4v) is 1.55. The Balaban J connectivity index is 2.10. The van der Waals surface area contributed by atoms with Crippen LogP contribution in [0.4, 0.5) is 0 Å². The second-order valence-corrected chi connectivity index (χ2v) is 3.76. The molecule has 0 aliphatic carbocycles. The van der Waals surface area contributed by atoms with Crippen LogP contribution in [0.5, 0.6) is 0 Å². The third-order valence-corrected chi connectivity index (χ3v) is 2.54. The Labute approximate surface area is 86.8 Å². The summed E-state index contributed by atoms with van der Waals surface area (Å²) in [4.78, 5) is 0. The van der Waals surface area contributed by atoms with Gasteiger partial charge in [-0.15, -0.1) is 0 Å². The van der Waals surface area contributed by atoms with Gasteiger partial charge in [0.05, 0.1) is 6.10 Å². The highest BCUT2D eigenvalue weighted by atomic mass is 16.3. The first-order chi connectivity index (χ1) is 6.83. The van der Waals surface area contributed by atoms with Gasteiger partial charge >= 0.3 is 0 Å². The highest BCUT2D eigenvalue weighted by Gasteiger charge is 2.01. The van der Waals surface area contributed by atoms with Crippen molar-refractivity contribution in [3.63, 3.8) is 0 Å². The molecule has 0 heterocycles. The van der Waals surface area contributed by atoms with Crippen LogP contribution < -0.4 is 0 Å². The van der Waals surface area contributed by atoms with Crippen LogP contribution in [0, 0.1) is 0 Å². The lowest BCUT2D eigenvalue weighted by atomic mass is 10.0. The van der Waals surface area contributed by atoms with Crippen molar-refractivity contribution in [3.8, 4) is 0 Å². The first-order valence-corrected chi connectivity index (χ1v) is 5.52. The monoisotopic (exact) mass is 191 g/mol. The summed E-state index contributed by atoms with van der Waals surface area (Å²) in [7, 11) is 0. The van der Waals surface area contributed by atoms with E-state index in [0.29, 0.717) is 0 Å². The summed E-state index contributed by atoms with van der Waals surface area (Å²) in [5, 5.41) is 11.1.